The Morgan fingerprint density at radius 2 is 1.34 bits per heavy atom. The van der Waals surface area contributed by atoms with E-state index in [9.17, 15) is 14.7 Å². The van der Waals surface area contributed by atoms with Crippen LogP contribution in [0.15, 0.2) is 91.0 Å². The lowest BCUT2D eigenvalue weighted by Crippen LogP contribution is -2.07. The first-order valence-electron chi connectivity index (χ1n) is 16.9. The molecule has 0 saturated heterocycles. The second-order valence-corrected chi connectivity index (χ2v) is 12.2. The first-order valence-corrected chi connectivity index (χ1v) is 16.9. The lowest BCUT2D eigenvalue weighted by Gasteiger charge is -2.11. The number of ether oxygens (including phenoxy) is 1. The Kier molecular flexibility index (Phi) is 13.7. The number of aryl methyl sites for hydroxylation is 1. The van der Waals surface area contributed by atoms with Gasteiger partial charge in [-0.05, 0) is 90.3 Å². The van der Waals surface area contributed by atoms with Gasteiger partial charge in [0.1, 0.15) is 5.75 Å². The molecule has 6 heteroatoms. The monoisotopic (exact) mass is 632 g/mol. The van der Waals surface area contributed by atoms with Crippen LogP contribution in [-0.2, 0) is 12.8 Å². The number of rotatable bonds is 19. The molecule has 0 amide bonds. The number of carbonyl (C=O) groups excluding carboxylic acids is 1. The highest BCUT2D eigenvalue weighted by molar-refractivity contribution is 6.07. The fourth-order valence-corrected chi connectivity index (χ4v) is 5.70. The summed E-state index contributed by atoms with van der Waals surface area (Å²) in [5.41, 5.74) is 18.7. The van der Waals surface area contributed by atoms with Gasteiger partial charge in [0, 0.05) is 16.9 Å². The number of nitrogens with two attached hydrogens (primary N) is 2. The van der Waals surface area contributed by atoms with Crippen LogP contribution in [0.4, 0.5) is 11.4 Å². The second kappa shape index (κ2) is 18.3. The highest BCUT2D eigenvalue weighted by atomic mass is 16.5. The van der Waals surface area contributed by atoms with Crippen LogP contribution < -0.4 is 16.2 Å². The Labute approximate surface area is 279 Å². The van der Waals surface area contributed by atoms with Gasteiger partial charge in [0.05, 0.1) is 12.2 Å². The van der Waals surface area contributed by atoms with Gasteiger partial charge in [0.15, 0.2) is 5.78 Å². The van der Waals surface area contributed by atoms with E-state index in [1.165, 1.54) is 30.9 Å². The molecule has 246 valence electrons. The Balaban J connectivity index is 1.12. The zero-order valence-electron chi connectivity index (χ0n) is 27.5. The summed E-state index contributed by atoms with van der Waals surface area (Å²) in [4.78, 5) is 24.3. The van der Waals surface area contributed by atoms with Crippen LogP contribution in [0.5, 0.6) is 5.75 Å². The lowest BCUT2D eigenvalue weighted by molar-refractivity contribution is 0.0695. The summed E-state index contributed by atoms with van der Waals surface area (Å²) in [6, 6.07) is 27.4. The predicted molar refractivity (Wildman–Crippen MR) is 194 cm³/mol. The van der Waals surface area contributed by atoms with Crippen LogP contribution in [0.3, 0.4) is 0 Å². The second-order valence-electron chi connectivity index (χ2n) is 12.2. The standard InChI is InChI=1S/C41H48N2O4/c1-2-3-8-11-30-13-18-32(19-14-30)33-20-22-34(23-21-33)40(44)26-17-31-15-24-36(25-16-31)47-27-10-7-5-4-6-9-12-37-38(41(45)46)28-35(42)29-39(37)43/h13-26,28-29H,2-12,27,42-43H2,1H3,(H,45,46). The molecule has 4 aromatic rings. The maximum atomic E-state index is 12.8. The van der Waals surface area contributed by atoms with E-state index in [-0.39, 0.29) is 11.3 Å². The van der Waals surface area contributed by atoms with Crippen molar-refractivity contribution in [2.45, 2.75) is 77.6 Å². The van der Waals surface area contributed by atoms with Gasteiger partial charge in [-0.25, -0.2) is 4.79 Å². The van der Waals surface area contributed by atoms with Gasteiger partial charge < -0.3 is 21.3 Å². The van der Waals surface area contributed by atoms with Crippen LogP contribution in [-0.4, -0.2) is 23.5 Å². The molecule has 4 rings (SSSR count). The van der Waals surface area contributed by atoms with Gasteiger partial charge in [-0.15, -0.1) is 0 Å². The maximum absolute atomic E-state index is 12.8. The Hall–Kier alpha value is -4.84. The molecule has 47 heavy (non-hydrogen) atoms. The van der Waals surface area contributed by atoms with Crippen molar-refractivity contribution < 1.29 is 19.4 Å². The minimum Gasteiger partial charge on any atom is -0.494 e. The molecule has 0 radical (unpaired) electrons. The molecule has 0 spiro atoms. The minimum absolute atomic E-state index is 0.0254. The number of aromatic carboxylic acids is 1. The third kappa shape index (κ3) is 11.2. The van der Waals surface area contributed by atoms with Crippen molar-refractivity contribution in [1.82, 2.24) is 0 Å². The molecule has 0 aliphatic heterocycles. The molecule has 0 aromatic heterocycles. The number of allylic oxidation sites excluding steroid dienone is 1. The van der Waals surface area contributed by atoms with Crippen LogP contribution in [0.1, 0.15) is 102 Å². The first-order chi connectivity index (χ1) is 22.8. The molecule has 0 aliphatic carbocycles. The van der Waals surface area contributed by atoms with E-state index in [1.807, 2.05) is 54.6 Å². The van der Waals surface area contributed by atoms with Crippen LogP contribution in [0, 0.1) is 0 Å². The molecule has 5 N–H and O–H groups in total. The van der Waals surface area contributed by atoms with Crippen molar-refractivity contribution in [3.05, 3.63) is 119 Å². The third-order valence-electron chi connectivity index (χ3n) is 8.46. The fraction of sp³-hybridized carbons (Fsp3) is 0.317. The van der Waals surface area contributed by atoms with Gasteiger partial charge >= 0.3 is 5.97 Å². The lowest BCUT2D eigenvalue weighted by atomic mass is 9.98. The fourth-order valence-electron chi connectivity index (χ4n) is 5.70. The van der Waals surface area contributed by atoms with Crippen LogP contribution in [0.25, 0.3) is 17.2 Å². The maximum Gasteiger partial charge on any atom is 0.336 e. The van der Waals surface area contributed by atoms with E-state index < -0.39 is 5.97 Å². The summed E-state index contributed by atoms with van der Waals surface area (Å²) < 4.78 is 5.91. The Bertz CT molecular complexity index is 1610. The average Bonchev–Trinajstić information content (AvgIpc) is 3.08. The quantitative estimate of drug-likeness (QED) is 0.0410. The number of carboxylic acid groups (broad SMARTS) is 1. The van der Waals surface area contributed by atoms with Crippen molar-refractivity contribution >= 4 is 29.2 Å². The molecular weight excluding hydrogens is 584 g/mol. The molecule has 0 fully saturated rings. The van der Waals surface area contributed by atoms with Crippen molar-refractivity contribution in [2.75, 3.05) is 18.1 Å². The smallest absolute Gasteiger partial charge is 0.336 e. The number of anilines is 2. The molecule has 0 aliphatic rings. The van der Waals surface area contributed by atoms with E-state index >= 15 is 0 Å². The Morgan fingerprint density at radius 1 is 0.723 bits per heavy atom. The molecular formula is C41H48N2O4. The highest BCUT2D eigenvalue weighted by Gasteiger charge is 2.14. The number of carboxylic acids is 1. The molecule has 6 nitrogen and oxygen atoms in total. The van der Waals surface area contributed by atoms with E-state index in [0.717, 1.165) is 67.4 Å². The largest absolute Gasteiger partial charge is 0.494 e. The van der Waals surface area contributed by atoms with E-state index in [2.05, 4.69) is 31.2 Å². The summed E-state index contributed by atoms with van der Waals surface area (Å²) in [6.07, 6.45) is 15.0. The van der Waals surface area contributed by atoms with E-state index in [4.69, 9.17) is 16.2 Å². The summed E-state index contributed by atoms with van der Waals surface area (Å²) in [7, 11) is 0. The molecule has 4 aromatic carbocycles. The van der Waals surface area contributed by atoms with Gasteiger partial charge in [-0.1, -0.05) is 112 Å². The highest BCUT2D eigenvalue weighted by Crippen LogP contribution is 2.25. The number of hydrogen-bond acceptors (Lipinski definition) is 5. The van der Waals surface area contributed by atoms with E-state index in [1.54, 1.807) is 12.1 Å². The van der Waals surface area contributed by atoms with Gasteiger partial charge in [-0.3, -0.25) is 4.79 Å². The number of benzene rings is 4. The zero-order chi connectivity index (χ0) is 33.4. The molecule has 0 atom stereocenters. The number of nitrogen functional groups attached to an aromatic ring is 2. The molecule has 0 bridgehead atoms. The number of hydrogen-bond donors (Lipinski definition) is 3. The van der Waals surface area contributed by atoms with Crippen molar-refractivity contribution in [1.29, 1.82) is 0 Å². The van der Waals surface area contributed by atoms with Gasteiger partial charge in [-0.2, -0.15) is 0 Å². The summed E-state index contributed by atoms with van der Waals surface area (Å²) >= 11 is 0. The number of ketones is 1. The SMILES string of the molecule is CCCCCc1ccc(-c2ccc(C(=O)C=Cc3ccc(OCCCCCCCCc4c(N)cc(N)cc4C(=O)O)cc3)cc2)cc1. The minimum atomic E-state index is -0.993. The molecule has 0 unspecified atom stereocenters. The van der Waals surface area contributed by atoms with Crippen molar-refractivity contribution in [3.63, 3.8) is 0 Å². The third-order valence-corrected chi connectivity index (χ3v) is 8.46. The zero-order valence-corrected chi connectivity index (χ0v) is 27.5. The normalized spacial score (nSPS) is 11.2. The number of unbranched alkanes of at least 4 members (excludes halogenated alkanes) is 7. The van der Waals surface area contributed by atoms with Crippen molar-refractivity contribution in [3.8, 4) is 16.9 Å². The topological polar surface area (TPSA) is 116 Å². The van der Waals surface area contributed by atoms with Gasteiger partial charge in [0.2, 0.25) is 0 Å². The molecule has 0 heterocycles. The summed E-state index contributed by atoms with van der Waals surface area (Å²) in [5, 5.41) is 9.44. The Morgan fingerprint density at radius 3 is 2.00 bits per heavy atom. The average molecular weight is 633 g/mol. The summed E-state index contributed by atoms with van der Waals surface area (Å²) in [5.74, 6) is -0.205. The van der Waals surface area contributed by atoms with Crippen LogP contribution in [0.2, 0.25) is 0 Å². The molecule has 0 saturated carbocycles. The number of carbonyl (C=O) groups is 2. The van der Waals surface area contributed by atoms with Gasteiger partial charge in [0.25, 0.3) is 0 Å². The van der Waals surface area contributed by atoms with E-state index in [0.29, 0.717) is 35.5 Å². The van der Waals surface area contributed by atoms with Crippen LogP contribution >= 0.6 is 0 Å². The summed E-state index contributed by atoms with van der Waals surface area (Å²) in [6.45, 7) is 2.87. The van der Waals surface area contributed by atoms with Crippen molar-refractivity contribution in [2.24, 2.45) is 0 Å². The first kappa shape index (κ1) is 35.0. The predicted octanol–water partition coefficient (Wildman–Crippen LogP) is 9.81.